The number of carboxylic acid groups (broad SMARTS) is 2. The summed E-state index contributed by atoms with van der Waals surface area (Å²) in [5.41, 5.74) is 6.77. The molecule has 1 aromatic rings. The highest BCUT2D eigenvalue weighted by Gasteiger charge is 2.29. The van der Waals surface area contributed by atoms with Gasteiger partial charge in [0.2, 0.25) is 17.7 Å². The lowest BCUT2D eigenvalue weighted by Crippen LogP contribution is -2.56. The summed E-state index contributed by atoms with van der Waals surface area (Å²) >= 11 is 1.41. The van der Waals surface area contributed by atoms with Gasteiger partial charge in [0, 0.05) is 6.42 Å². The molecule has 0 radical (unpaired) electrons. The third-order valence-electron chi connectivity index (χ3n) is 4.89. The Hall–Kier alpha value is -3.12. The molecule has 1 aromatic carbocycles. The predicted octanol–water partition coefficient (Wildman–Crippen LogP) is -0.267. The van der Waals surface area contributed by atoms with Crippen LogP contribution in [0.4, 0.5) is 0 Å². The summed E-state index contributed by atoms with van der Waals surface area (Å²) in [4.78, 5) is 60.0. The quantitative estimate of drug-likeness (QED) is 0.190. The van der Waals surface area contributed by atoms with Gasteiger partial charge in [0.15, 0.2) is 0 Å². The Bertz CT molecular complexity index is 853. The van der Waals surface area contributed by atoms with Crippen LogP contribution in [-0.4, -0.2) is 76.0 Å². The Morgan fingerprint density at radius 3 is 2.09 bits per heavy atom. The molecule has 0 aromatic heterocycles. The Kier molecular flexibility index (Phi) is 12.7. The van der Waals surface area contributed by atoms with E-state index in [1.807, 2.05) is 30.3 Å². The van der Waals surface area contributed by atoms with Gasteiger partial charge in [-0.15, -0.1) is 0 Å². The number of thioether (sulfide) groups is 1. The number of amides is 3. The van der Waals surface area contributed by atoms with Crippen LogP contribution in [0.25, 0.3) is 0 Å². The fourth-order valence-electron chi connectivity index (χ4n) is 2.95. The molecule has 3 amide bonds. The van der Waals surface area contributed by atoms with Gasteiger partial charge in [0.25, 0.3) is 0 Å². The molecular formula is C22H32N4O7S. The Morgan fingerprint density at radius 1 is 0.912 bits per heavy atom. The van der Waals surface area contributed by atoms with Crippen molar-refractivity contribution in [1.29, 1.82) is 0 Å². The SMILES string of the molecule is CSCCC(NC(=O)C(CCC(=O)O)NC(=O)C(C)NC(=O)C(N)Cc1ccccc1)C(=O)O. The molecule has 12 heteroatoms. The van der Waals surface area contributed by atoms with Crippen molar-refractivity contribution in [3.8, 4) is 0 Å². The first kappa shape index (κ1) is 28.9. The summed E-state index contributed by atoms with van der Waals surface area (Å²) in [6.07, 6.45) is 1.53. The number of hydrogen-bond donors (Lipinski definition) is 6. The van der Waals surface area contributed by atoms with Crippen molar-refractivity contribution in [2.75, 3.05) is 12.0 Å². The van der Waals surface area contributed by atoms with Gasteiger partial charge in [-0.1, -0.05) is 30.3 Å². The van der Waals surface area contributed by atoms with E-state index in [1.165, 1.54) is 18.7 Å². The zero-order valence-electron chi connectivity index (χ0n) is 19.2. The summed E-state index contributed by atoms with van der Waals surface area (Å²) in [5, 5.41) is 25.5. The molecule has 11 nitrogen and oxygen atoms in total. The molecule has 0 aliphatic rings. The molecule has 4 atom stereocenters. The van der Waals surface area contributed by atoms with Gasteiger partial charge in [0.1, 0.15) is 18.1 Å². The minimum absolute atomic E-state index is 0.160. The first-order chi connectivity index (χ1) is 16.0. The van der Waals surface area contributed by atoms with Crippen molar-refractivity contribution < 1.29 is 34.2 Å². The fourth-order valence-corrected chi connectivity index (χ4v) is 3.42. The number of hydrogen-bond acceptors (Lipinski definition) is 7. The molecule has 0 spiro atoms. The van der Waals surface area contributed by atoms with E-state index in [0.717, 1.165) is 5.56 Å². The smallest absolute Gasteiger partial charge is 0.326 e. The lowest BCUT2D eigenvalue weighted by Gasteiger charge is -2.23. The molecule has 1 rings (SSSR count). The number of carbonyl (C=O) groups excluding carboxylic acids is 3. The highest BCUT2D eigenvalue weighted by atomic mass is 32.2. The largest absolute Gasteiger partial charge is 0.481 e. The van der Waals surface area contributed by atoms with E-state index in [9.17, 15) is 29.1 Å². The van der Waals surface area contributed by atoms with E-state index in [1.54, 1.807) is 6.26 Å². The van der Waals surface area contributed by atoms with Crippen molar-refractivity contribution in [3.05, 3.63) is 35.9 Å². The highest BCUT2D eigenvalue weighted by Crippen LogP contribution is 2.05. The van der Waals surface area contributed by atoms with E-state index in [4.69, 9.17) is 10.8 Å². The fraction of sp³-hybridized carbons (Fsp3) is 0.500. The summed E-state index contributed by atoms with van der Waals surface area (Å²) < 4.78 is 0. The molecule has 0 saturated carbocycles. The zero-order chi connectivity index (χ0) is 25.7. The van der Waals surface area contributed by atoms with E-state index in [-0.39, 0.29) is 19.3 Å². The van der Waals surface area contributed by atoms with Crippen LogP contribution in [-0.2, 0) is 30.4 Å². The van der Waals surface area contributed by atoms with Crippen molar-refractivity contribution in [2.24, 2.45) is 5.73 Å². The second-order valence-electron chi connectivity index (χ2n) is 7.70. The standard InChI is InChI=1S/C22H32N4O7S/c1-13(24-20(30)15(23)12-14-6-4-3-5-7-14)19(29)25-16(8-9-18(27)28)21(31)26-17(22(32)33)10-11-34-2/h3-7,13,15-17H,8-12,23H2,1-2H3,(H,24,30)(H,25,29)(H,26,31)(H,27,28)(H,32,33). The zero-order valence-corrected chi connectivity index (χ0v) is 20.0. The molecular weight excluding hydrogens is 464 g/mol. The van der Waals surface area contributed by atoms with Gasteiger partial charge in [-0.2, -0.15) is 11.8 Å². The predicted molar refractivity (Wildman–Crippen MR) is 127 cm³/mol. The minimum Gasteiger partial charge on any atom is -0.481 e. The first-order valence-electron chi connectivity index (χ1n) is 10.7. The van der Waals surface area contributed by atoms with E-state index >= 15 is 0 Å². The number of carbonyl (C=O) groups is 5. The van der Waals surface area contributed by atoms with Crippen molar-refractivity contribution in [1.82, 2.24) is 16.0 Å². The second-order valence-corrected chi connectivity index (χ2v) is 8.69. The minimum atomic E-state index is -1.29. The van der Waals surface area contributed by atoms with Gasteiger partial charge < -0.3 is 31.9 Å². The number of nitrogens with one attached hydrogen (secondary N) is 3. The first-order valence-corrected chi connectivity index (χ1v) is 12.1. The molecule has 188 valence electrons. The summed E-state index contributed by atoms with van der Waals surface area (Å²) in [6, 6.07) is 4.65. The molecule has 0 bridgehead atoms. The summed E-state index contributed by atoms with van der Waals surface area (Å²) in [6.45, 7) is 1.40. The maximum Gasteiger partial charge on any atom is 0.326 e. The molecule has 34 heavy (non-hydrogen) atoms. The average molecular weight is 497 g/mol. The van der Waals surface area contributed by atoms with Crippen molar-refractivity contribution >= 4 is 41.4 Å². The number of aliphatic carboxylic acids is 2. The van der Waals surface area contributed by atoms with Gasteiger partial charge in [0.05, 0.1) is 6.04 Å². The van der Waals surface area contributed by atoms with Crippen LogP contribution in [0.3, 0.4) is 0 Å². The normalized spacial score (nSPS) is 14.2. The molecule has 0 aliphatic heterocycles. The van der Waals surface area contributed by atoms with Gasteiger partial charge >= 0.3 is 11.9 Å². The van der Waals surface area contributed by atoms with Crippen LogP contribution in [0.15, 0.2) is 30.3 Å². The molecule has 0 fully saturated rings. The van der Waals surface area contributed by atoms with E-state index in [0.29, 0.717) is 5.75 Å². The Labute approximate surface area is 202 Å². The number of carboxylic acids is 2. The van der Waals surface area contributed by atoms with Gasteiger partial charge in [-0.25, -0.2) is 4.79 Å². The lowest BCUT2D eigenvalue weighted by molar-refractivity contribution is -0.143. The van der Waals surface area contributed by atoms with Crippen LogP contribution >= 0.6 is 11.8 Å². The third kappa shape index (κ3) is 10.7. The number of rotatable bonds is 15. The molecule has 0 heterocycles. The monoisotopic (exact) mass is 496 g/mol. The molecule has 7 N–H and O–H groups in total. The van der Waals surface area contributed by atoms with Gasteiger partial charge in [-0.05, 0) is 43.8 Å². The number of benzene rings is 1. The maximum atomic E-state index is 12.6. The van der Waals surface area contributed by atoms with Crippen LogP contribution < -0.4 is 21.7 Å². The van der Waals surface area contributed by atoms with Crippen LogP contribution in [0.1, 0.15) is 31.7 Å². The van der Waals surface area contributed by atoms with E-state index in [2.05, 4.69) is 16.0 Å². The third-order valence-corrected chi connectivity index (χ3v) is 5.54. The summed E-state index contributed by atoms with van der Waals surface area (Å²) in [5.74, 6) is -4.06. The second kappa shape index (κ2) is 14.9. The van der Waals surface area contributed by atoms with Gasteiger partial charge in [-0.3, -0.25) is 19.2 Å². The van der Waals surface area contributed by atoms with Crippen LogP contribution in [0.2, 0.25) is 0 Å². The topological polar surface area (TPSA) is 188 Å². The Balaban J connectivity index is 2.76. The van der Waals surface area contributed by atoms with Crippen molar-refractivity contribution in [3.63, 3.8) is 0 Å². The molecule has 4 unspecified atom stereocenters. The average Bonchev–Trinajstić information content (AvgIpc) is 2.79. The lowest BCUT2D eigenvalue weighted by atomic mass is 10.1. The number of nitrogens with two attached hydrogens (primary N) is 1. The van der Waals surface area contributed by atoms with Crippen LogP contribution in [0.5, 0.6) is 0 Å². The Morgan fingerprint density at radius 2 is 1.53 bits per heavy atom. The van der Waals surface area contributed by atoms with Crippen molar-refractivity contribution in [2.45, 2.75) is 56.8 Å². The van der Waals surface area contributed by atoms with Crippen LogP contribution in [0, 0.1) is 0 Å². The highest BCUT2D eigenvalue weighted by molar-refractivity contribution is 7.98. The maximum absolute atomic E-state index is 12.6. The summed E-state index contributed by atoms with van der Waals surface area (Å²) in [7, 11) is 0. The van der Waals surface area contributed by atoms with E-state index < -0.39 is 60.2 Å². The molecule has 0 aliphatic carbocycles. The molecule has 0 saturated heterocycles.